The Balaban J connectivity index is 1.76. The highest BCUT2D eigenvalue weighted by atomic mass is 32.1. The number of nitrogens with zero attached hydrogens (tertiary/aromatic N) is 3. The van der Waals surface area contributed by atoms with Crippen molar-refractivity contribution in [3.8, 4) is 0 Å². The van der Waals surface area contributed by atoms with Gasteiger partial charge in [0, 0.05) is 18.8 Å². The highest BCUT2D eigenvalue weighted by Gasteiger charge is 2.09. The summed E-state index contributed by atoms with van der Waals surface area (Å²) < 4.78 is 1.76. The molecule has 0 aromatic carbocycles. The molecule has 0 fully saturated rings. The lowest BCUT2D eigenvalue weighted by Crippen LogP contribution is -2.32. The van der Waals surface area contributed by atoms with Gasteiger partial charge in [0.05, 0.1) is 18.0 Å². The fourth-order valence-electron chi connectivity index (χ4n) is 1.70. The minimum absolute atomic E-state index is 0.0821. The van der Waals surface area contributed by atoms with Gasteiger partial charge in [-0.05, 0) is 25.5 Å². The minimum Gasteiger partial charge on any atom is -0.342 e. The molecule has 7 nitrogen and oxygen atoms in total. The largest absolute Gasteiger partial charge is 0.342 e. The number of carbonyl (C=O) groups is 2. The number of carbonyl (C=O) groups excluding carboxylic acids is 2. The zero-order valence-electron chi connectivity index (χ0n) is 12.6. The molecule has 0 saturated carbocycles. The molecule has 0 radical (unpaired) electrons. The van der Waals surface area contributed by atoms with Crippen LogP contribution < -0.4 is 10.6 Å². The highest BCUT2D eigenvalue weighted by molar-refractivity contribution is 7.12. The van der Waals surface area contributed by atoms with Crippen LogP contribution in [0.1, 0.15) is 9.67 Å². The van der Waals surface area contributed by atoms with Gasteiger partial charge in [0.15, 0.2) is 5.82 Å². The van der Waals surface area contributed by atoms with Crippen molar-refractivity contribution in [3.05, 3.63) is 34.7 Å². The molecule has 22 heavy (non-hydrogen) atoms. The molecule has 0 saturated heterocycles. The van der Waals surface area contributed by atoms with Crippen molar-refractivity contribution in [3.63, 3.8) is 0 Å². The second-order valence-electron chi connectivity index (χ2n) is 4.98. The lowest BCUT2D eigenvalue weighted by molar-refractivity contribution is -0.115. The van der Waals surface area contributed by atoms with Gasteiger partial charge in [-0.25, -0.2) is 0 Å². The maximum absolute atomic E-state index is 11.8. The summed E-state index contributed by atoms with van der Waals surface area (Å²) in [5.41, 5.74) is 0. The molecule has 8 heteroatoms. The zero-order valence-corrected chi connectivity index (χ0v) is 13.4. The smallest absolute Gasteiger partial charge is 0.261 e. The van der Waals surface area contributed by atoms with Crippen LogP contribution in [0.2, 0.25) is 0 Å². The first-order valence-electron chi connectivity index (χ1n) is 6.84. The molecule has 0 bridgehead atoms. The molecule has 2 heterocycles. The van der Waals surface area contributed by atoms with Crippen LogP contribution in [0.5, 0.6) is 0 Å². The number of hydrogen-bond acceptors (Lipinski definition) is 5. The third kappa shape index (κ3) is 4.97. The van der Waals surface area contributed by atoms with E-state index in [1.54, 1.807) is 22.9 Å². The Morgan fingerprint density at radius 3 is 2.86 bits per heavy atom. The number of hydrogen-bond donors (Lipinski definition) is 2. The van der Waals surface area contributed by atoms with E-state index in [0.29, 0.717) is 10.7 Å². The number of amides is 2. The highest BCUT2D eigenvalue weighted by Crippen LogP contribution is 2.07. The summed E-state index contributed by atoms with van der Waals surface area (Å²) in [6.07, 6.45) is 1.81. The van der Waals surface area contributed by atoms with Gasteiger partial charge in [0.25, 0.3) is 5.91 Å². The number of likely N-dealkylation sites (N-methyl/N-ethyl adjacent to an activating group) is 1. The van der Waals surface area contributed by atoms with Crippen molar-refractivity contribution in [1.29, 1.82) is 0 Å². The Labute approximate surface area is 132 Å². The van der Waals surface area contributed by atoms with Crippen LogP contribution >= 0.6 is 11.3 Å². The van der Waals surface area contributed by atoms with Crippen molar-refractivity contribution >= 4 is 29.0 Å². The first-order valence-corrected chi connectivity index (χ1v) is 7.72. The Hall–Kier alpha value is -2.19. The van der Waals surface area contributed by atoms with Gasteiger partial charge in [0.2, 0.25) is 5.91 Å². The molecule has 0 spiro atoms. The number of anilines is 1. The molecule has 2 aromatic heterocycles. The third-order valence-electron chi connectivity index (χ3n) is 2.84. The van der Waals surface area contributed by atoms with Gasteiger partial charge in [0.1, 0.15) is 0 Å². The summed E-state index contributed by atoms with van der Waals surface area (Å²) in [4.78, 5) is 26.1. The molecule has 0 aliphatic rings. The first kappa shape index (κ1) is 16.2. The van der Waals surface area contributed by atoms with Crippen molar-refractivity contribution in [2.45, 2.75) is 6.54 Å². The second kappa shape index (κ2) is 7.71. The number of nitrogens with one attached hydrogen (secondary N) is 2. The molecule has 2 rings (SSSR count). The summed E-state index contributed by atoms with van der Waals surface area (Å²) >= 11 is 1.33. The number of thiophene rings is 1. The predicted octanol–water partition coefficient (Wildman–Crippen LogP) is 0.875. The van der Waals surface area contributed by atoms with Crippen LogP contribution in [0.15, 0.2) is 29.8 Å². The Bertz CT molecular complexity index is 621. The molecule has 0 unspecified atom stereocenters. The second-order valence-corrected chi connectivity index (χ2v) is 5.92. The van der Waals surface area contributed by atoms with Gasteiger partial charge in [-0.15, -0.1) is 11.3 Å². The molecular weight excluding hydrogens is 302 g/mol. The topological polar surface area (TPSA) is 79.3 Å². The summed E-state index contributed by atoms with van der Waals surface area (Å²) in [5, 5.41) is 11.3. The van der Waals surface area contributed by atoms with E-state index >= 15 is 0 Å². The van der Waals surface area contributed by atoms with E-state index in [1.807, 2.05) is 25.7 Å². The maximum Gasteiger partial charge on any atom is 0.261 e. The van der Waals surface area contributed by atoms with E-state index in [9.17, 15) is 9.59 Å². The normalized spacial score (nSPS) is 10.7. The van der Waals surface area contributed by atoms with Crippen LogP contribution in [0, 0.1) is 0 Å². The van der Waals surface area contributed by atoms with E-state index in [4.69, 9.17) is 0 Å². The Morgan fingerprint density at radius 2 is 2.18 bits per heavy atom. The standard InChI is InChI=1S/C14H19N5O2S/c1-18(2)7-8-19-6-5-12(17-19)16-13(20)10-15-14(21)11-4-3-9-22-11/h3-6,9H,7-8,10H2,1-2H3,(H,15,21)(H,16,17,20). The SMILES string of the molecule is CN(C)CCn1ccc(NC(=O)CNC(=O)c2cccs2)n1. The zero-order chi connectivity index (χ0) is 15.9. The molecular formula is C14H19N5O2S. The van der Waals surface area contributed by atoms with E-state index in [-0.39, 0.29) is 18.4 Å². The third-order valence-corrected chi connectivity index (χ3v) is 3.71. The Kier molecular flexibility index (Phi) is 5.68. The van der Waals surface area contributed by atoms with Gasteiger partial charge in [-0.1, -0.05) is 6.07 Å². The van der Waals surface area contributed by atoms with Crippen LogP contribution in [-0.4, -0.2) is 53.7 Å². The molecule has 0 atom stereocenters. The van der Waals surface area contributed by atoms with Crippen LogP contribution in [0.25, 0.3) is 0 Å². The van der Waals surface area contributed by atoms with E-state index in [2.05, 4.69) is 20.6 Å². The monoisotopic (exact) mass is 321 g/mol. The Morgan fingerprint density at radius 1 is 1.36 bits per heavy atom. The lowest BCUT2D eigenvalue weighted by Gasteiger charge is -2.08. The molecule has 2 N–H and O–H groups in total. The fraction of sp³-hybridized carbons (Fsp3) is 0.357. The van der Waals surface area contributed by atoms with E-state index in [0.717, 1.165) is 13.1 Å². The van der Waals surface area contributed by atoms with E-state index < -0.39 is 0 Å². The van der Waals surface area contributed by atoms with Gasteiger partial charge < -0.3 is 15.5 Å². The summed E-state index contributed by atoms with van der Waals surface area (Å²) in [6, 6.07) is 5.24. The summed E-state index contributed by atoms with van der Waals surface area (Å²) in [6.45, 7) is 1.53. The maximum atomic E-state index is 11.8. The molecule has 0 aliphatic carbocycles. The molecule has 2 aromatic rings. The van der Waals surface area contributed by atoms with Gasteiger partial charge in [-0.2, -0.15) is 5.10 Å². The van der Waals surface area contributed by atoms with Crippen LogP contribution in [-0.2, 0) is 11.3 Å². The number of rotatable bonds is 7. The van der Waals surface area contributed by atoms with Crippen LogP contribution in [0.3, 0.4) is 0 Å². The lowest BCUT2D eigenvalue weighted by atomic mass is 10.4. The van der Waals surface area contributed by atoms with Crippen molar-refractivity contribution in [1.82, 2.24) is 20.0 Å². The average molecular weight is 321 g/mol. The minimum atomic E-state index is -0.303. The van der Waals surface area contributed by atoms with Gasteiger partial charge in [-0.3, -0.25) is 14.3 Å². The molecule has 118 valence electrons. The van der Waals surface area contributed by atoms with Crippen molar-refractivity contribution in [2.75, 3.05) is 32.5 Å². The van der Waals surface area contributed by atoms with Crippen LogP contribution in [0.4, 0.5) is 5.82 Å². The number of aromatic nitrogens is 2. The van der Waals surface area contributed by atoms with E-state index in [1.165, 1.54) is 11.3 Å². The quantitative estimate of drug-likeness (QED) is 0.793. The van der Waals surface area contributed by atoms with Crippen molar-refractivity contribution < 1.29 is 9.59 Å². The van der Waals surface area contributed by atoms with Crippen molar-refractivity contribution in [2.24, 2.45) is 0 Å². The fourth-order valence-corrected chi connectivity index (χ4v) is 2.34. The molecule has 2 amide bonds. The molecule has 0 aliphatic heterocycles. The average Bonchev–Trinajstić information content (AvgIpc) is 3.14. The summed E-state index contributed by atoms with van der Waals surface area (Å²) in [5.74, 6) is -0.0708. The van der Waals surface area contributed by atoms with Gasteiger partial charge >= 0.3 is 0 Å². The summed E-state index contributed by atoms with van der Waals surface area (Å²) in [7, 11) is 3.98. The first-order chi connectivity index (χ1) is 10.5. The predicted molar refractivity (Wildman–Crippen MR) is 86.1 cm³/mol.